The highest BCUT2D eigenvalue weighted by Gasteiger charge is 2.15. The quantitative estimate of drug-likeness (QED) is 0.681. The van der Waals surface area contributed by atoms with E-state index in [0.717, 1.165) is 13.0 Å². The minimum Gasteiger partial charge on any atom is -0.412 e. The molecule has 0 aliphatic carbocycles. The highest BCUT2D eigenvalue weighted by molar-refractivity contribution is 5.15. The van der Waals surface area contributed by atoms with Crippen LogP contribution in [0, 0.1) is 0 Å². The van der Waals surface area contributed by atoms with Crippen molar-refractivity contribution in [1.82, 2.24) is 0 Å². The van der Waals surface area contributed by atoms with Gasteiger partial charge in [-0.15, -0.1) is 0 Å². The highest BCUT2D eigenvalue weighted by atomic mass is 16.5. The van der Waals surface area contributed by atoms with Gasteiger partial charge in [-0.25, -0.2) is 0 Å². The Labute approximate surface area is 78.8 Å². The van der Waals surface area contributed by atoms with Gasteiger partial charge in [0, 0.05) is 6.61 Å². The van der Waals surface area contributed by atoms with Gasteiger partial charge in [0.2, 0.25) is 0 Å². The second-order valence-corrected chi connectivity index (χ2v) is 3.32. The molecule has 0 spiro atoms. The zero-order valence-electron chi connectivity index (χ0n) is 7.70. The molecule has 1 aromatic rings. The van der Waals surface area contributed by atoms with Crippen molar-refractivity contribution >= 4 is 0 Å². The van der Waals surface area contributed by atoms with E-state index in [1.165, 1.54) is 18.4 Å². The number of rotatable bonds is 2. The highest BCUT2D eigenvalue weighted by Crippen LogP contribution is 2.16. The molecule has 1 atom stereocenters. The van der Waals surface area contributed by atoms with Crippen LogP contribution in [-0.2, 0) is 11.2 Å². The molecular formula is C11H16O2. The first-order valence-electron chi connectivity index (χ1n) is 4.61. The van der Waals surface area contributed by atoms with Crippen LogP contribution in [0.1, 0.15) is 18.4 Å². The maximum Gasteiger partial charge on any atom is 0.0616 e. The lowest BCUT2D eigenvalue weighted by Crippen LogP contribution is -2.08. The smallest absolute Gasteiger partial charge is 0.0616 e. The molecule has 2 heteroatoms. The Balaban J connectivity index is 0.000000845. The zero-order valence-corrected chi connectivity index (χ0v) is 7.70. The van der Waals surface area contributed by atoms with E-state index < -0.39 is 0 Å². The molecular weight excluding hydrogens is 164 g/mol. The summed E-state index contributed by atoms with van der Waals surface area (Å²) in [5, 5.41) is 0. The Bertz CT molecular complexity index is 227. The van der Waals surface area contributed by atoms with E-state index in [0.29, 0.717) is 6.10 Å². The molecule has 1 unspecified atom stereocenters. The third-order valence-electron chi connectivity index (χ3n) is 2.33. The molecule has 1 heterocycles. The fourth-order valence-electron chi connectivity index (χ4n) is 1.68. The maximum absolute atomic E-state index is 5.56. The normalized spacial score (nSPS) is 21.1. The van der Waals surface area contributed by atoms with Crippen molar-refractivity contribution in [2.75, 3.05) is 6.61 Å². The van der Waals surface area contributed by atoms with Crippen LogP contribution in [0.2, 0.25) is 0 Å². The van der Waals surface area contributed by atoms with E-state index in [2.05, 4.69) is 30.3 Å². The Morgan fingerprint density at radius 3 is 2.62 bits per heavy atom. The Morgan fingerprint density at radius 1 is 1.23 bits per heavy atom. The minimum absolute atomic E-state index is 0. The molecule has 1 fully saturated rings. The zero-order chi connectivity index (χ0) is 8.23. The van der Waals surface area contributed by atoms with Crippen LogP contribution in [0.3, 0.4) is 0 Å². The van der Waals surface area contributed by atoms with Gasteiger partial charge in [0.05, 0.1) is 6.10 Å². The van der Waals surface area contributed by atoms with E-state index in [1.54, 1.807) is 0 Å². The lowest BCUT2D eigenvalue weighted by Gasteiger charge is -2.08. The SMILES string of the molecule is O.c1ccc(CC2CCCO2)cc1. The second kappa shape index (κ2) is 5.00. The fourth-order valence-corrected chi connectivity index (χ4v) is 1.68. The van der Waals surface area contributed by atoms with E-state index in [-0.39, 0.29) is 5.48 Å². The lowest BCUT2D eigenvalue weighted by molar-refractivity contribution is 0.111. The summed E-state index contributed by atoms with van der Waals surface area (Å²) >= 11 is 0. The van der Waals surface area contributed by atoms with Crippen molar-refractivity contribution in [2.45, 2.75) is 25.4 Å². The summed E-state index contributed by atoms with van der Waals surface area (Å²) in [7, 11) is 0. The van der Waals surface area contributed by atoms with Crippen LogP contribution < -0.4 is 0 Å². The summed E-state index contributed by atoms with van der Waals surface area (Å²) in [4.78, 5) is 0. The van der Waals surface area contributed by atoms with Crippen molar-refractivity contribution in [3.05, 3.63) is 35.9 Å². The molecule has 1 aromatic carbocycles. The van der Waals surface area contributed by atoms with Crippen LogP contribution >= 0.6 is 0 Å². The summed E-state index contributed by atoms with van der Waals surface area (Å²) < 4.78 is 5.56. The van der Waals surface area contributed by atoms with Crippen molar-refractivity contribution in [2.24, 2.45) is 0 Å². The first-order chi connectivity index (χ1) is 5.95. The van der Waals surface area contributed by atoms with Gasteiger partial charge in [0.1, 0.15) is 0 Å². The summed E-state index contributed by atoms with van der Waals surface area (Å²) in [5.74, 6) is 0. The first-order valence-corrected chi connectivity index (χ1v) is 4.61. The monoisotopic (exact) mass is 180 g/mol. The van der Waals surface area contributed by atoms with Gasteiger partial charge in [0.25, 0.3) is 0 Å². The summed E-state index contributed by atoms with van der Waals surface area (Å²) in [6, 6.07) is 10.6. The third-order valence-corrected chi connectivity index (χ3v) is 2.33. The Hall–Kier alpha value is -0.860. The molecule has 72 valence electrons. The lowest BCUT2D eigenvalue weighted by atomic mass is 10.1. The molecule has 2 nitrogen and oxygen atoms in total. The molecule has 13 heavy (non-hydrogen) atoms. The van der Waals surface area contributed by atoms with Crippen molar-refractivity contribution in [3.63, 3.8) is 0 Å². The van der Waals surface area contributed by atoms with Crippen LogP contribution in [-0.4, -0.2) is 18.2 Å². The fraction of sp³-hybridized carbons (Fsp3) is 0.455. The predicted octanol–water partition coefficient (Wildman–Crippen LogP) is 1.58. The standard InChI is InChI=1S/C11H14O.H2O/c1-2-5-10(6-3-1)9-11-7-4-8-12-11;/h1-3,5-6,11H,4,7-9H2;1H2. The average Bonchev–Trinajstić information content (AvgIpc) is 2.59. The van der Waals surface area contributed by atoms with Gasteiger partial charge in [-0.3, -0.25) is 0 Å². The molecule has 1 aliphatic rings. The molecule has 0 saturated carbocycles. The van der Waals surface area contributed by atoms with Crippen LogP contribution in [0.4, 0.5) is 0 Å². The van der Waals surface area contributed by atoms with E-state index >= 15 is 0 Å². The van der Waals surface area contributed by atoms with Gasteiger partial charge in [-0.1, -0.05) is 30.3 Å². The number of hydrogen-bond acceptors (Lipinski definition) is 1. The van der Waals surface area contributed by atoms with Gasteiger partial charge in [-0.2, -0.15) is 0 Å². The molecule has 0 radical (unpaired) electrons. The van der Waals surface area contributed by atoms with Gasteiger partial charge >= 0.3 is 0 Å². The number of hydrogen-bond donors (Lipinski definition) is 0. The van der Waals surface area contributed by atoms with Crippen LogP contribution in [0.15, 0.2) is 30.3 Å². The summed E-state index contributed by atoms with van der Waals surface area (Å²) in [6.45, 7) is 0.956. The maximum atomic E-state index is 5.56. The second-order valence-electron chi connectivity index (χ2n) is 3.32. The first kappa shape index (κ1) is 10.2. The third kappa shape index (κ3) is 2.83. The summed E-state index contributed by atoms with van der Waals surface area (Å²) in [5.41, 5.74) is 1.39. The van der Waals surface area contributed by atoms with Crippen molar-refractivity contribution in [1.29, 1.82) is 0 Å². The van der Waals surface area contributed by atoms with E-state index in [1.807, 2.05) is 0 Å². The van der Waals surface area contributed by atoms with Gasteiger partial charge in [0.15, 0.2) is 0 Å². The topological polar surface area (TPSA) is 40.7 Å². The molecule has 0 bridgehead atoms. The molecule has 0 aromatic heterocycles. The molecule has 2 rings (SSSR count). The average molecular weight is 180 g/mol. The number of ether oxygens (including phenoxy) is 1. The van der Waals surface area contributed by atoms with E-state index in [4.69, 9.17) is 4.74 Å². The van der Waals surface area contributed by atoms with Crippen LogP contribution in [0.25, 0.3) is 0 Å². The molecule has 1 saturated heterocycles. The minimum atomic E-state index is 0. The Morgan fingerprint density at radius 2 is 2.00 bits per heavy atom. The van der Waals surface area contributed by atoms with E-state index in [9.17, 15) is 0 Å². The Kier molecular flexibility index (Phi) is 3.93. The van der Waals surface area contributed by atoms with Crippen molar-refractivity contribution < 1.29 is 10.2 Å². The van der Waals surface area contributed by atoms with Gasteiger partial charge in [-0.05, 0) is 24.8 Å². The predicted molar refractivity (Wildman–Crippen MR) is 52.7 cm³/mol. The molecule has 1 aliphatic heterocycles. The number of benzene rings is 1. The largest absolute Gasteiger partial charge is 0.412 e. The van der Waals surface area contributed by atoms with Crippen molar-refractivity contribution in [3.8, 4) is 0 Å². The molecule has 2 N–H and O–H groups in total. The van der Waals surface area contributed by atoms with Crippen LogP contribution in [0.5, 0.6) is 0 Å². The summed E-state index contributed by atoms with van der Waals surface area (Å²) in [6.07, 6.45) is 4.03. The van der Waals surface area contributed by atoms with Gasteiger partial charge < -0.3 is 10.2 Å². The molecule has 0 amide bonds.